The fraction of sp³-hybridized carbons (Fsp3) is 0.222. The molecule has 1 N–H and O–H groups in total. The SMILES string of the molecule is COc1ccc(NS(=O)(=O)c2ccc(N3C(=O)CCCC3=O)cc2)cc1. The number of carbonyl (C=O) groups excluding carboxylic acids is 2. The van der Waals surface area contributed by atoms with Crippen LogP contribution in [-0.2, 0) is 19.6 Å². The van der Waals surface area contributed by atoms with Gasteiger partial charge in [-0.25, -0.2) is 8.42 Å². The van der Waals surface area contributed by atoms with E-state index >= 15 is 0 Å². The number of imide groups is 1. The van der Waals surface area contributed by atoms with Crippen molar-refractivity contribution in [1.29, 1.82) is 0 Å². The van der Waals surface area contributed by atoms with Crippen LogP contribution < -0.4 is 14.4 Å². The van der Waals surface area contributed by atoms with Crippen molar-refractivity contribution in [2.75, 3.05) is 16.7 Å². The molecule has 1 heterocycles. The Morgan fingerprint density at radius 1 is 0.923 bits per heavy atom. The number of anilines is 2. The third kappa shape index (κ3) is 3.70. The van der Waals surface area contributed by atoms with E-state index in [1.165, 1.54) is 31.4 Å². The third-order valence-corrected chi connectivity index (χ3v) is 5.42. The standard InChI is InChI=1S/C18H18N2O5S/c1-25-15-9-5-13(6-10-15)19-26(23,24)16-11-7-14(8-12-16)20-17(21)3-2-4-18(20)22/h5-12,19H,2-4H2,1H3. The van der Waals surface area contributed by atoms with Crippen molar-refractivity contribution in [1.82, 2.24) is 0 Å². The molecule has 0 bridgehead atoms. The molecule has 0 atom stereocenters. The number of nitrogens with zero attached hydrogens (tertiary/aromatic N) is 1. The summed E-state index contributed by atoms with van der Waals surface area (Å²) >= 11 is 0. The van der Waals surface area contributed by atoms with E-state index in [-0.39, 0.29) is 16.7 Å². The summed E-state index contributed by atoms with van der Waals surface area (Å²) in [5.41, 5.74) is 0.777. The van der Waals surface area contributed by atoms with Crippen molar-refractivity contribution in [3.63, 3.8) is 0 Å². The highest BCUT2D eigenvalue weighted by Gasteiger charge is 2.27. The molecule has 1 aliphatic heterocycles. The van der Waals surface area contributed by atoms with E-state index in [4.69, 9.17) is 4.74 Å². The first-order chi connectivity index (χ1) is 12.4. The highest BCUT2D eigenvalue weighted by molar-refractivity contribution is 7.92. The van der Waals surface area contributed by atoms with Crippen LogP contribution in [0.4, 0.5) is 11.4 Å². The van der Waals surface area contributed by atoms with Gasteiger partial charge in [0.25, 0.3) is 10.0 Å². The molecular formula is C18H18N2O5S. The number of hydrogen-bond donors (Lipinski definition) is 1. The largest absolute Gasteiger partial charge is 0.497 e. The number of carbonyl (C=O) groups is 2. The Kier molecular flexibility index (Phi) is 4.94. The van der Waals surface area contributed by atoms with E-state index in [0.29, 0.717) is 36.4 Å². The Balaban J connectivity index is 1.80. The minimum absolute atomic E-state index is 0.0361. The average molecular weight is 374 g/mol. The summed E-state index contributed by atoms with van der Waals surface area (Å²) in [5, 5.41) is 0. The second-order valence-electron chi connectivity index (χ2n) is 5.80. The van der Waals surface area contributed by atoms with Crippen LogP contribution in [0.15, 0.2) is 53.4 Å². The van der Waals surface area contributed by atoms with Gasteiger partial charge in [0.05, 0.1) is 17.7 Å². The van der Waals surface area contributed by atoms with Gasteiger partial charge in [-0.05, 0) is 55.0 Å². The van der Waals surface area contributed by atoms with Crippen molar-refractivity contribution in [2.24, 2.45) is 0 Å². The van der Waals surface area contributed by atoms with Gasteiger partial charge in [-0.3, -0.25) is 19.2 Å². The van der Waals surface area contributed by atoms with Gasteiger partial charge in [0, 0.05) is 18.5 Å². The lowest BCUT2D eigenvalue weighted by Gasteiger charge is -2.24. The van der Waals surface area contributed by atoms with Crippen LogP contribution in [0.5, 0.6) is 5.75 Å². The Labute approximate surface area is 151 Å². The lowest BCUT2D eigenvalue weighted by atomic mass is 10.1. The number of methoxy groups -OCH3 is 1. The normalized spacial score (nSPS) is 15.0. The van der Waals surface area contributed by atoms with E-state index < -0.39 is 10.0 Å². The maximum atomic E-state index is 12.5. The predicted molar refractivity (Wildman–Crippen MR) is 96.6 cm³/mol. The summed E-state index contributed by atoms with van der Waals surface area (Å²) in [5.74, 6) is 0.0783. The Morgan fingerprint density at radius 2 is 1.50 bits per heavy atom. The molecule has 1 aliphatic rings. The summed E-state index contributed by atoms with van der Waals surface area (Å²) in [6, 6.07) is 12.1. The minimum atomic E-state index is -3.79. The van der Waals surface area contributed by atoms with Crippen molar-refractivity contribution < 1.29 is 22.7 Å². The molecule has 136 valence electrons. The molecule has 2 amide bonds. The molecule has 0 spiro atoms. The van der Waals surface area contributed by atoms with Crippen LogP contribution in [0.2, 0.25) is 0 Å². The second kappa shape index (κ2) is 7.17. The second-order valence-corrected chi connectivity index (χ2v) is 7.49. The minimum Gasteiger partial charge on any atom is -0.497 e. The van der Waals surface area contributed by atoms with Crippen LogP contribution in [0.1, 0.15) is 19.3 Å². The molecule has 26 heavy (non-hydrogen) atoms. The molecule has 0 aliphatic carbocycles. The lowest BCUT2D eigenvalue weighted by molar-refractivity contribution is -0.129. The maximum Gasteiger partial charge on any atom is 0.261 e. The van der Waals surface area contributed by atoms with Gasteiger partial charge in [0.2, 0.25) is 11.8 Å². The fourth-order valence-electron chi connectivity index (χ4n) is 2.69. The van der Waals surface area contributed by atoms with Crippen LogP contribution in [-0.4, -0.2) is 27.3 Å². The molecular weight excluding hydrogens is 356 g/mol. The van der Waals surface area contributed by atoms with Crippen molar-refractivity contribution in [2.45, 2.75) is 24.2 Å². The van der Waals surface area contributed by atoms with E-state index in [2.05, 4.69) is 4.72 Å². The quantitative estimate of drug-likeness (QED) is 0.812. The molecule has 0 saturated carbocycles. The van der Waals surface area contributed by atoms with Gasteiger partial charge < -0.3 is 4.74 Å². The fourth-order valence-corrected chi connectivity index (χ4v) is 3.75. The zero-order valence-corrected chi connectivity index (χ0v) is 15.0. The van der Waals surface area contributed by atoms with Gasteiger partial charge in [-0.15, -0.1) is 0 Å². The first-order valence-corrected chi connectivity index (χ1v) is 9.52. The zero-order valence-electron chi connectivity index (χ0n) is 14.1. The van der Waals surface area contributed by atoms with Gasteiger partial charge in [0.15, 0.2) is 0 Å². The smallest absolute Gasteiger partial charge is 0.261 e. The topological polar surface area (TPSA) is 92.8 Å². The number of hydrogen-bond acceptors (Lipinski definition) is 5. The molecule has 0 unspecified atom stereocenters. The van der Waals surface area contributed by atoms with E-state index in [1.54, 1.807) is 24.3 Å². The predicted octanol–water partition coefficient (Wildman–Crippen LogP) is 2.54. The third-order valence-electron chi connectivity index (χ3n) is 4.03. The van der Waals surface area contributed by atoms with Crippen LogP contribution in [0.25, 0.3) is 0 Å². The highest BCUT2D eigenvalue weighted by Crippen LogP contribution is 2.25. The molecule has 7 nitrogen and oxygen atoms in total. The summed E-state index contributed by atoms with van der Waals surface area (Å²) in [6.07, 6.45) is 1.17. The first kappa shape index (κ1) is 17.9. The van der Waals surface area contributed by atoms with E-state index in [9.17, 15) is 18.0 Å². The van der Waals surface area contributed by atoms with Gasteiger partial charge in [0.1, 0.15) is 5.75 Å². The monoisotopic (exact) mass is 374 g/mol. The van der Waals surface area contributed by atoms with Gasteiger partial charge >= 0.3 is 0 Å². The number of rotatable bonds is 5. The molecule has 1 fully saturated rings. The van der Waals surface area contributed by atoms with Crippen LogP contribution in [0.3, 0.4) is 0 Å². The highest BCUT2D eigenvalue weighted by atomic mass is 32.2. The molecule has 1 saturated heterocycles. The molecule has 0 radical (unpaired) electrons. The number of benzene rings is 2. The number of ether oxygens (including phenoxy) is 1. The average Bonchev–Trinajstić information content (AvgIpc) is 2.62. The van der Waals surface area contributed by atoms with Crippen LogP contribution >= 0.6 is 0 Å². The van der Waals surface area contributed by atoms with Gasteiger partial charge in [-0.2, -0.15) is 0 Å². The molecule has 8 heteroatoms. The van der Waals surface area contributed by atoms with Crippen molar-refractivity contribution in [3.05, 3.63) is 48.5 Å². The van der Waals surface area contributed by atoms with Crippen LogP contribution in [0, 0.1) is 0 Å². The summed E-state index contributed by atoms with van der Waals surface area (Å²) in [4.78, 5) is 25.0. The first-order valence-electron chi connectivity index (χ1n) is 8.03. The molecule has 2 aromatic rings. The number of sulfonamides is 1. The zero-order chi connectivity index (χ0) is 18.7. The van der Waals surface area contributed by atoms with Crippen molar-refractivity contribution >= 4 is 33.2 Å². The number of piperidine rings is 1. The molecule has 0 aromatic heterocycles. The number of nitrogens with one attached hydrogen (secondary N) is 1. The maximum absolute atomic E-state index is 12.5. The number of amides is 2. The Hall–Kier alpha value is -2.87. The summed E-state index contributed by atoms with van der Waals surface area (Å²) in [6.45, 7) is 0. The summed E-state index contributed by atoms with van der Waals surface area (Å²) < 4.78 is 32.5. The molecule has 3 rings (SSSR count). The Bertz CT molecular complexity index is 905. The Morgan fingerprint density at radius 3 is 2.04 bits per heavy atom. The van der Waals surface area contributed by atoms with E-state index in [1.807, 2.05) is 0 Å². The van der Waals surface area contributed by atoms with E-state index in [0.717, 1.165) is 4.90 Å². The summed E-state index contributed by atoms with van der Waals surface area (Å²) in [7, 11) is -2.26. The van der Waals surface area contributed by atoms with Crippen molar-refractivity contribution in [3.8, 4) is 5.75 Å². The molecule has 2 aromatic carbocycles. The lowest BCUT2D eigenvalue weighted by Crippen LogP contribution is -2.40. The van der Waals surface area contributed by atoms with Gasteiger partial charge in [-0.1, -0.05) is 0 Å².